The first-order valence-electron chi connectivity index (χ1n) is 4.11. The lowest BCUT2D eigenvalue weighted by atomic mass is 10.1. The average Bonchev–Trinajstić information content (AvgIpc) is 2.51. The standard InChI is InChI=1S/C8H14N2O3/c1-10-4-2-6(9-10)8(13)7(12)3-5-11/h2,4,7-8,11-13H,3,5H2,1H3. The number of aliphatic hydroxyl groups is 3. The molecule has 5 heteroatoms. The Morgan fingerprint density at radius 3 is 2.69 bits per heavy atom. The van der Waals surface area contributed by atoms with Crippen LogP contribution in [0.15, 0.2) is 12.3 Å². The van der Waals surface area contributed by atoms with E-state index in [2.05, 4.69) is 5.10 Å². The van der Waals surface area contributed by atoms with Gasteiger partial charge in [-0.25, -0.2) is 0 Å². The van der Waals surface area contributed by atoms with Gasteiger partial charge in [-0.1, -0.05) is 0 Å². The van der Waals surface area contributed by atoms with Crippen molar-refractivity contribution in [2.75, 3.05) is 6.61 Å². The molecular weight excluding hydrogens is 172 g/mol. The number of aryl methyl sites for hydroxylation is 1. The van der Waals surface area contributed by atoms with Gasteiger partial charge >= 0.3 is 0 Å². The summed E-state index contributed by atoms with van der Waals surface area (Å²) in [6.07, 6.45) is -0.143. The third-order valence-electron chi connectivity index (χ3n) is 1.83. The zero-order valence-corrected chi connectivity index (χ0v) is 7.46. The first kappa shape index (κ1) is 10.2. The zero-order chi connectivity index (χ0) is 9.84. The molecule has 0 bridgehead atoms. The molecule has 1 aromatic rings. The molecule has 3 N–H and O–H groups in total. The summed E-state index contributed by atoms with van der Waals surface area (Å²) < 4.78 is 1.55. The summed E-state index contributed by atoms with van der Waals surface area (Å²) in [5.41, 5.74) is 0.420. The van der Waals surface area contributed by atoms with Gasteiger partial charge in [-0.3, -0.25) is 4.68 Å². The van der Waals surface area contributed by atoms with E-state index in [1.54, 1.807) is 24.0 Å². The molecular formula is C8H14N2O3. The van der Waals surface area contributed by atoms with Gasteiger partial charge < -0.3 is 15.3 Å². The predicted octanol–water partition coefficient (Wildman–Crippen LogP) is -0.803. The quantitative estimate of drug-likeness (QED) is 0.575. The van der Waals surface area contributed by atoms with Gasteiger partial charge in [0.25, 0.3) is 0 Å². The Bertz CT molecular complexity index is 262. The predicted molar refractivity (Wildman–Crippen MR) is 45.9 cm³/mol. The number of hydrogen-bond acceptors (Lipinski definition) is 4. The Morgan fingerprint density at radius 1 is 1.54 bits per heavy atom. The molecule has 1 rings (SSSR count). The molecule has 2 atom stereocenters. The summed E-state index contributed by atoms with van der Waals surface area (Å²) in [4.78, 5) is 0. The highest BCUT2D eigenvalue weighted by Gasteiger charge is 2.19. The lowest BCUT2D eigenvalue weighted by molar-refractivity contribution is 0.00166. The van der Waals surface area contributed by atoms with Crippen LogP contribution in [0.4, 0.5) is 0 Å². The summed E-state index contributed by atoms with van der Waals surface area (Å²) in [7, 11) is 1.73. The molecule has 0 aliphatic carbocycles. The van der Waals surface area contributed by atoms with E-state index in [0.29, 0.717) is 5.69 Å². The van der Waals surface area contributed by atoms with E-state index in [-0.39, 0.29) is 13.0 Å². The van der Waals surface area contributed by atoms with Crippen molar-refractivity contribution in [3.05, 3.63) is 18.0 Å². The number of aliphatic hydroxyl groups excluding tert-OH is 3. The fourth-order valence-corrected chi connectivity index (χ4v) is 1.08. The second-order valence-corrected chi connectivity index (χ2v) is 2.94. The van der Waals surface area contributed by atoms with Crippen molar-refractivity contribution in [2.24, 2.45) is 7.05 Å². The maximum Gasteiger partial charge on any atom is 0.124 e. The van der Waals surface area contributed by atoms with E-state index in [1.807, 2.05) is 0 Å². The maximum absolute atomic E-state index is 9.50. The topological polar surface area (TPSA) is 78.5 Å². The van der Waals surface area contributed by atoms with Crippen molar-refractivity contribution in [1.82, 2.24) is 9.78 Å². The first-order valence-corrected chi connectivity index (χ1v) is 4.11. The number of hydrogen-bond donors (Lipinski definition) is 3. The van der Waals surface area contributed by atoms with Crippen LogP contribution in [0, 0.1) is 0 Å². The minimum atomic E-state index is -1.02. The minimum Gasteiger partial charge on any atom is -0.396 e. The van der Waals surface area contributed by atoms with E-state index >= 15 is 0 Å². The average molecular weight is 186 g/mol. The Balaban J connectivity index is 2.61. The summed E-state index contributed by atoms with van der Waals surface area (Å²) in [5, 5.41) is 31.3. The highest BCUT2D eigenvalue weighted by atomic mass is 16.3. The minimum absolute atomic E-state index is 0.148. The second-order valence-electron chi connectivity index (χ2n) is 2.94. The van der Waals surface area contributed by atoms with Gasteiger partial charge in [0.1, 0.15) is 6.10 Å². The lowest BCUT2D eigenvalue weighted by Crippen LogP contribution is -2.20. The van der Waals surface area contributed by atoms with Crippen molar-refractivity contribution in [3.8, 4) is 0 Å². The molecule has 0 radical (unpaired) electrons. The van der Waals surface area contributed by atoms with Crippen molar-refractivity contribution < 1.29 is 15.3 Å². The van der Waals surface area contributed by atoms with Gasteiger partial charge in [0.2, 0.25) is 0 Å². The lowest BCUT2D eigenvalue weighted by Gasteiger charge is -2.14. The van der Waals surface area contributed by atoms with Crippen molar-refractivity contribution in [2.45, 2.75) is 18.6 Å². The smallest absolute Gasteiger partial charge is 0.124 e. The van der Waals surface area contributed by atoms with Gasteiger partial charge in [0, 0.05) is 19.9 Å². The largest absolute Gasteiger partial charge is 0.396 e. The van der Waals surface area contributed by atoms with E-state index in [1.165, 1.54) is 0 Å². The molecule has 0 aromatic carbocycles. The van der Waals surface area contributed by atoms with Crippen LogP contribution in [-0.4, -0.2) is 37.8 Å². The molecule has 1 aromatic heterocycles. The zero-order valence-electron chi connectivity index (χ0n) is 7.46. The van der Waals surface area contributed by atoms with Crippen LogP contribution in [0.3, 0.4) is 0 Å². The van der Waals surface area contributed by atoms with Crippen LogP contribution in [0.25, 0.3) is 0 Å². The van der Waals surface area contributed by atoms with Gasteiger partial charge in [-0.15, -0.1) is 0 Å². The molecule has 0 saturated heterocycles. The Kier molecular flexibility index (Phi) is 3.41. The van der Waals surface area contributed by atoms with Crippen LogP contribution in [0.2, 0.25) is 0 Å². The molecule has 0 spiro atoms. The molecule has 5 nitrogen and oxygen atoms in total. The second kappa shape index (κ2) is 4.36. The molecule has 0 fully saturated rings. The molecule has 1 heterocycles. The summed E-state index contributed by atoms with van der Waals surface area (Å²) in [6, 6.07) is 1.63. The third kappa shape index (κ3) is 2.51. The summed E-state index contributed by atoms with van der Waals surface area (Å²) >= 11 is 0. The Labute approximate surface area is 76.2 Å². The Morgan fingerprint density at radius 2 is 2.23 bits per heavy atom. The van der Waals surface area contributed by atoms with Gasteiger partial charge in [0.05, 0.1) is 11.8 Å². The van der Waals surface area contributed by atoms with Crippen molar-refractivity contribution in [3.63, 3.8) is 0 Å². The van der Waals surface area contributed by atoms with E-state index in [0.717, 1.165) is 0 Å². The normalized spacial score (nSPS) is 15.7. The van der Waals surface area contributed by atoms with Crippen molar-refractivity contribution in [1.29, 1.82) is 0 Å². The van der Waals surface area contributed by atoms with Gasteiger partial charge in [0.15, 0.2) is 0 Å². The van der Waals surface area contributed by atoms with Gasteiger partial charge in [-0.2, -0.15) is 5.10 Å². The molecule has 13 heavy (non-hydrogen) atoms. The summed E-state index contributed by atoms with van der Waals surface area (Å²) in [6.45, 7) is -0.148. The van der Waals surface area contributed by atoms with Crippen LogP contribution in [0.5, 0.6) is 0 Å². The van der Waals surface area contributed by atoms with E-state index in [4.69, 9.17) is 5.11 Å². The summed E-state index contributed by atoms with van der Waals surface area (Å²) in [5.74, 6) is 0. The first-order chi connectivity index (χ1) is 6.15. The molecule has 0 aliphatic heterocycles. The SMILES string of the molecule is Cn1ccc(C(O)C(O)CCO)n1. The number of rotatable bonds is 4. The maximum atomic E-state index is 9.50. The van der Waals surface area contributed by atoms with Crippen LogP contribution < -0.4 is 0 Å². The molecule has 0 aliphatic rings. The molecule has 2 unspecified atom stereocenters. The Hall–Kier alpha value is -0.910. The molecule has 74 valence electrons. The third-order valence-corrected chi connectivity index (χ3v) is 1.83. The fourth-order valence-electron chi connectivity index (χ4n) is 1.08. The monoisotopic (exact) mass is 186 g/mol. The molecule has 0 saturated carbocycles. The number of nitrogens with zero attached hydrogens (tertiary/aromatic N) is 2. The number of aromatic nitrogens is 2. The van der Waals surface area contributed by atoms with Crippen molar-refractivity contribution >= 4 is 0 Å². The van der Waals surface area contributed by atoms with Crippen LogP contribution in [-0.2, 0) is 7.05 Å². The van der Waals surface area contributed by atoms with Crippen LogP contribution >= 0.6 is 0 Å². The van der Waals surface area contributed by atoms with E-state index < -0.39 is 12.2 Å². The molecule has 0 amide bonds. The van der Waals surface area contributed by atoms with Gasteiger partial charge in [-0.05, 0) is 12.5 Å². The highest BCUT2D eigenvalue weighted by molar-refractivity contribution is 5.04. The fraction of sp³-hybridized carbons (Fsp3) is 0.625. The van der Waals surface area contributed by atoms with E-state index in [9.17, 15) is 10.2 Å². The highest BCUT2D eigenvalue weighted by Crippen LogP contribution is 2.15. The van der Waals surface area contributed by atoms with Crippen LogP contribution in [0.1, 0.15) is 18.2 Å².